The van der Waals surface area contributed by atoms with Crippen LogP contribution in [0, 0.1) is 0 Å². The van der Waals surface area contributed by atoms with Gasteiger partial charge < -0.3 is 0 Å². The molecule has 0 saturated carbocycles. The summed E-state index contributed by atoms with van der Waals surface area (Å²) in [6.45, 7) is 0. The van der Waals surface area contributed by atoms with Crippen molar-refractivity contribution in [1.82, 2.24) is 25.2 Å². The maximum atomic E-state index is 6.02. The SMILES string of the molecule is Cn1nncc1-c1nnc(Cl)c2ccccc12. The smallest absolute Gasteiger partial charge is 0.159 e. The molecule has 5 nitrogen and oxygen atoms in total. The molecule has 0 aliphatic heterocycles. The average molecular weight is 246 g/mol. The highest BCUT2D eigenvalue weighted by molar-refractivity contribution is 6.34. The second kappa shape index (κ2) is 3.78. The van der Waals surface area contributed by atoms with Crippen molar-refractivity contribution in [3.63, 3.8) is 0 Å². The Bertz CT molecular complexity index is 691. The molecule has 3 rings (SSSR count). The molecule has 0 N–H and O–H groups in total. The average Bonchev–Trinajstić information content (AvgIpc) is 2.77. The Morgan fingerprint density at radius 2 is 1.88 bits per heavy atom. The van der Waals surface area contributed by atoms with Crippen molar-refractivity contribution in [2.75, 3.05) is 0 Å². The number of fused-ring (bicyclic) bond motifs is 1. The quantitative estimate of drug-likeness (QED) is 0.659. The molecule has 84 valence electrons. The van der Waals surface area contributed by atoms with Crippen LogP contribution in [0.15, 0.2) is 30.5 Å². The van der Waals surface area contributed by atoms with Crippen LogP contribution in [0.25, 0.3) is 22.2 Å². The first kappa shape index (κ1) is 10.2. The van der Waals surface area contributed by atoms with Gasteiger partial charge in [0.15, 0.2) is 5.15 Å². The van der Waals surface area contributed by atoms with E-state index in [1.165, 1.54) is 0 Å². The Morgan fingerprint density at radius 3 is 2.59 bits per heavy atom. The van der Waals surface area contributed by atoms with Gasteiger partial charge in [0.2, 0.25) is 0 Å². The van der Waals surface area contributed by atoms with Gasteiger partial charge in [0, 0.05) is 17.8 Å². The first-order valence-corrected chi connectivity index (χ1v) is 5.41. The lowest BCUT2D eigenvalue weighted by molar-refractivity contribution is 0.718. The van der Waals surface area contributed by atoms with E-state index in [-0.39, 0.29) is 0 Å². The predicted molar refractivity (Wildman–Crippen MR) is 64.5 cm³/mol. The molecule has 0 aliphatic rings. The molecule has 0 bridgehead atoms. The molecule has 0 amide bonds. The van der Waals surface area contributed by atoms with Gasteiger partial charge in [-0.3, -0.25) is 0 Å². The summed E-state index contributed by atoms with van der Waals surface area (Å²) in [5, 5.41) is 18.0. The number of rotatable bonds is 1. The molecular formula is C11H8ClN5. The Hall–Kier alpha value is -2.01. The van der Waals surface area contributed by atoms with E-state index in [0.29, 0.717) is 5.15 Å². The minimum atomic E-state index is 0.402. The van der Waals surface area contributed by atoms with Crippen LogP contribution < -0.4 is 0 Å². The van der Waals surface area contributed by atoms with Gasteiger partial charge in [-0.05, 0) is 0 Å². The fourth-order valence-corrected chi connectivity index (χ4v) is 1.97. The summed E-state index contributed by atoms with van der Waals surface area (Å²) in [5.41, 5.74) is 1.54. The summed E-state index contributed by atoms with van der Waals surface area (Å²) in [4.78, 5) is 0. The van der Waals surface area contributed by atoms with Crippen molar-refractivity contribution in [2.45, 2.75) is 0 Å². The second-order valence-electron chi connectivity index (χ2n) is 3.63. The predicted octanol–water partition coefficient (Wildman–Crippen LogP) is 2.08. The number of benzene rings is 1. The van der Waals surface area contributed by atoms with Crippen molar-refractivity contribution >= 4 is 22.4 Å². The van der Waals surface area contributed by atoms with Crippen molar-refractivity contribution in [3.8, 4) is 11.4 Å². The van der Waals surface area contributed by atoms with Crippen LogP contribution in [0.3, 0.4) is 0 Å². The second-order valence-corrected chi connectivity index (χ2v) is 3.99. The summed E-state index contributed by atoms with van der Waals surface area (Å²) < 4.78 is 1.66. The Labute approximate surface area is 102 Å². The largest absolute Gasteiger partial charge is 0.246 e. The molecule has 1 aromatic carbocycles. The van der Waals surface area contributed by atoms with Crippen molar-refractivity contribution in [3.05, 3.63) is 35.6 Å². The normalized spacial score (nSPS) is 10.9. The first-order valence-electron chi connectivity index (χ1n) is 5.03. The van der Waals surface area contributed by atoms with E-state index in [1.807, 2.05) is 31.3 Å². The van der Waals surface area contributed by atoms with Gasteiger partial charge in [-0.2, -0.15) is 0 Å². The fourth-order valence-electron chi connectivity index (χ4n) is 1.76. The monoisotopic (exact) mass is 245 g/mol. The standard InChI is InChI=1S/C11H8ClN5/c1-17-9(6-13-16-17)10-7-4-2-3-5-8(7)11(12)15-14-10/h2-6H,1H3. The summed E-state index contributed by atoms with van der Waals surface area (Å²) in [5.74, 6) is 0. The zero-order valence-corrected chi connectivity index (χ0v) is 9.76. The molecule has 0 saturated heterocycles. The molecule has 0 atom stereocenters. The molecule has 0 fully saturated rings. The van der Waals surface area contributed by atoms with E-state index in [4.69, 9.17) is 11.6 Å². The number of aryl methyl sites for hydroxylation is 1. The highest BCUT2D eigenvalue weighted by Gasteiger charge is 2.12. The van der Waals surface area contributed by atoms with E-state index in [9.17, 15) is 0 Å². The molecule has 0 radical (unpaired) electrons. The topological polar surface area (TPSA) is 56.5 Å². The van der Waals surface area contributed by atoms with Crippen LogP contribution in [0.5, 0.6) is 0 Å². The van der Waals surface area contributed by atoms with Crippen LogP contribution in [-0.4, -0.2) is 25.2 Å². The Kier molecular flexibility index (Phi) is 2.26. The molecular weight excluding hydrogens is 238 g/mol. The lowest BCUT2D eigenvalue weighted by atomic mass is 10.1. The Balaban J connectivity index is 2.39. The molecule has 2 aromatic heterocycles. The van der Waals surface area contributed by atoms with Crippen LogP contribution in [0.1, 0.15) is 0 Å². The van der Waals surface area contributed by atoms with Crippen molar-refractivity contribution < 1.29 is 0 Å². The number of aromatic nitrogens is 5. The lowest BCUT2D eigenvalue weighted by Gasteiger charge is -2.05. The highest BCUT2D eigenvalue weighted by Crippen LogP contribution is 2.28. The van der Waals surface area contributed by atoms with Gasteiger partial charge in [-0.15, -0.1) is 15.3 Å². The van der Waals surface area contributed by atoms with Gasteiger partial charge in [-0.25, -0.2) is 4.68 Å². The highest BCUT2D eigenvalue weighted by atomic mass is 35.5. The minimum absolute atomic E-state index is 0.402. The summed E-state index contributed by atoms with van der Waals surface area (Å²) in [6.07, 6.45) is 1.66. The van der Waals surface area contributed by atoms with Gasteiger partial charge >= 0.3 is 0 Å². The molecule has 0 unspecified atom stereocenters. The van der Waals surface area contributed by atoms with E-state index < -0.39 is 0 Å². The summed E-state index contributed by atoms with van der Waals surface area (Å²) in [7, 11) is 1.81. The summed E-state index contributed by atoms with van der Waals surface area (Å²) in [6, 6.07) is 7.73. The lowest BCUT2D eigenvalue weighted by Crippen LogP contribution is -1.98. The minimum Gasteiger partial charge on any atom is -0.246 e. The number of halogens is 1. The molecule has 3 aromatic rings. The van der Waals surface area contributed by atoms with E-state index >= 15 is 0 Å². The molecule has 17 heavy (non-hydrogen) atoms. The van der Waals surface area contributed by atoms with Crippen LogP contribution >= 0.6 is 11.6 Å². The van der Waals surface area contributed by atoms with E-state index in [2.05, 4.69) is 20.5 Å². The maximum absolute atomic E-state index is 6.02. The molecule has 0 aliphatic carbocycles. The number of hydrogen-bond donors (Lipinski definition) is 0. The van der Waals surface area contributed by atoms with Crippen LogP contribution in [-0.2, 0) is 7.05 Å². The van der Waals surface area contributed by atoms with Gasteiger partial charge in [0.05, 0.1) is 6.20 Å². The molecule has 6 heteroatoms. The zero-order valence-electron chi connectivity index (χ0n) is 9.00. The summed E-state index contributed by atoms with van der Waals surface area (Å²) >= 11 is 6.02. The van der Waals surface area contributed by atoms with Crippen LogP contribution in [0.2, 0.25) is 5.15 Å². The molecule has 0 spiro atoms. The maximum Gasteiger partial charge on any atom is 0.159 e. The van der Waals surface area contributed by atoms with E-state index in [0.717, 1.165) is 22.2 Å². The van der Waals surface area contributed by atoms with Gasteiger partial charge in [0.25, 0.3) is 0 Å². The number of nitrogens with zero attached hydrogens (tertiary/aromatic N) is 5. The fraction of sp³-hybridized carbons (Fsp3) is 0.0909. The number of hydrogen-bond acceptors (Lipinski definition) is 4. The van der Waals surface area contributed by atoms with Gasteiger partial charge in [0.1, 0.15) is 11.4 Å². The van der Waals surface area contributed by atoms with Gasteiger partial charge in [-0.1, -0.05) is 41.1 Å². The zero-order chi connectivity index (χ0) is 11.8. The first-order chi connectivity index (χ1) is 8.27. The van der Waals surface area contributed by atoms with Crippen molar-refractivity contribution in [2.24, 2.45) is 7.05 Å². The van der Waals surface area contributed by atoms with Crippen LogP contribution in [0.4, 0.5) is 0 Å². The van der Waals surface area contributed by atoms with E-state index in [1.54, 1.807) is 10.9 Å². The Morgan fingerprint density at radius 1 is 1.12 bits per heavy atom. The third kappa shape index (κ3) is 1.55. The third-order valence-corrected chi connectivity index (χ3v) is 2.88. The van der Waals surface area contributed by atoms with Crippen molar-refractivity contribution in [1.29, 1.82) is 0 Å². The third-order valence-electron chi connectivity index (χ3n) is 2.60. The molecule has 2 heterocycles.